The van der Waals surface area contributed by atoms with Crippen LogP contribution in [0.2, 0.25) is 0 Å². The van der Waals surface area contributed by atoms with Gasteiger partial charge in [0.05, 0.1) is 30.3 Å². The van der Waals surface area contributed by atoms with Gasteiger partial charge in [0.1, 0.15) is 18.1 Å². The van der Waals surface area contributed by atoms with Crippen molar-refractivity contribution in [3.05, 3.63) is 59.9 Å². The highest BCUT2D eigenvalue weighted by atomic mass is 16.5. The maximum Gasteiger partial charge on any atom is 0.255 e. The van der Waals surface area contributed by atoms with E-state index in [9.17, 15) is 9.59 Å². The van der Waals surface area contributed by atoms with Crippen molar-refractivity contribution in [1.82, 2.24) is 19.8 Å². The van der Waals surface area contributed by atoms with Crippen molar-refractivity contribution >= 4 is 22.8 Å². The lowest BCUT2D eigenvalue weighted by Crippen LogP contribution is -2.46. The number of aromatic nitrogens is 2. The van der Waals surface area contributed by atoms with E-state index >= 15 is 0 Å². The number of carbonyl (C=O) groups is 2. The summed E-state index contributed by atoms with van der Waals surface area (Å²) in [6.07, 6.45) is 1.78. The van der Waals surface area contributed by atoms with E-state index in [1.54, 1.807) is 18.2 Å². The van der Waals surface area contributed by atoms with Gasteiger partial charge in [-0.25, -0.2) is 4.98 Å². The number of hydrogen-bond donors (Lipinski definition) is 1. The predicted octanol–water partition coefficient (Wildman–Crippen LogP) is 4.40. The Balaban J connectivity index is 1.88. The number of carbonyl (C=O) groups excluding carboxylic acids is 2. The Kier molecular flexibility index (Phi) is 8.09. The Morgan fingerprint density at radius 1 is 1.03 bits per heavy atom. The molecule has 7 heteroatoms. The second-order valence-corrected chi connectivity index (χ2v) is 8.30. The van der Waals surface area contributed by atoms with E-state index in [4.69, 9.17) is 9.72 Å². The number of amides is 2. The molecule has 0 aliphatic heterocycles. The van der Waals surface area contributed by atoms with Gasteiger partial charge in [0.25, 0.3) is 5.91 Å². The molecule has 0 fully saturated rings. The third kappa shape index (κ3) is 5.35. The minimum Gasteiger partial charge on any atom is -0.496 e. The van der Waals surface area contributed by atoms with Crippen molar-refractivity contribution in [1.29, 1.82) is 0 Å². The van der Waals surface area contributed by atoms with Crippen molar-refractivity contribution in [2.24, 2.45) is 0 Å². The maximum absolute atomic E-state index is 13.4. The summed E-state index contributed by atoms with van der Waals surface area (Å²) in [7, 11) is 1.54. The van der Waals surface area contributed by atoms with Crippen LogP contribution in [0.1, 0.15) is 56.7 Å². The van der Waals surface area contributed by atoms with Gasteiger partial charge in [-0.1, -0.05) is 38.1 Å². The number of nitrogens with zero attached hydrogens (tertiary/aromatic N) is 3. The summed E-state index contributed by atoms with van der Waals surface area (Å²) in [5.74, 6) is 0.954. The van der Waals surface area contributed by atoms with E-state index in [1.807, 2.05) is 39.8 Å². The van der Waals surface area contributed by atoms with Crippen molar-refractivity contribution in [3.63, 3.8) is 0 Å². The van der Waals surface area contributed by atoms with E-state index in [0.29, 0.717) is 17.1 Å². The van der Waals surface area contributed by atoms with Crippen LogP contribution in [0.4, 0.5) is 0 Å². The monoisotopic (exact) mass is 450 g/mol. The first-order valence-electron chi connectivity index (χ1n) is 11.6. The van der Waals surface area contributed by atoms with Crippen LogP contribution in [0, 0.1) is 0 Å². The Hall–Kier alpha value is -3.35. The van der Waals surface area contributed by atoms with E-state index < -0.39 is 0 Å². The standard InChI is InChI=1S/C26H34N4O3/c1-6-18(3)30(19(4)7-2)25(31)17-29-22-14-10-9-13-21(22)28-24(29)16-27-26(32)20-12-8-11-15-23(20)33-5/h8-15,18-19H,6-7,16-17H2,1-5H3,(H,27,32). The van der Waals surface area contributed by atoms with Gasteiger partial charge >= 0.3 is 0 Å². The first kappa shape index (κ1) is 24.3. The Morgan fingerprint density at radius 3 is 2.33 bits per heavy atom. The topological polar surface area (TPSA) is 76.5 Å². The van der Waals surface area contributed by atoms with Crippen LogP contribution in [0.3, 0.4) is 0 Å². The fourth-order valence-electron chi connectivity index (χ4n) is 4.06. The van der Waals surface area contributed by atoms with Crippen molar-refractivity contribution in [2.75, 3.05) is 7.11 Å². The average Bonchev–Trinajstić information content (AvgIpc) is 3.19. The van der Waals surface area contributed by atoms with Gasteiger partial charge in [-0.2, -0.15) is 0 Å². The molecule has 1 aromatic heterocycles. The summed E-state index contributed by atoms with van der Waals surface area (Å²) >= 11 is 0. The minimum atomic E-state index is -0.252. The number of methoxy groups -OCH3 is 1. The molecule has 0 radical (unpaired) electrons. The average molecular weight is 451 g/mol. The van der Waals surface area contributed by atoms with Crippen LogP contribution < -0.4 is 10.1 Å². The zero-order valence-corrected chi connectivity index (χ0v) is 20.2. The van der Waals surface area contributed by atoms with Crippen LogP contribution >= 0.6 is 0 Å². The number of hydrogen-bond acceptors (Lipinski definition) is 4. The Morgan fingerprint density at radius 2 is 1.67 bits per heavy atom. The van der Waals surface area contributed by atoms with Crippen LogP contribution in [0.25, 0.3) is 11.0 Å². The van der Waals surface area contributed by atoms with Gasteiger partial charge < -0.3 is 19.5 Å². The fraction of sp³-hybridized carbons (Fsp3) is 0.423. The molecule has 1 heterocycles. The second kappa shape index (κ2) is 11.0. The summed E-state index contributed by atoms with van der Waals surface area (Å²) in [5.41, 5.74) is 2.13. The molecular weight excluding hydrogens is 416 g/mol. The third-order valence-electron chi connectivity index (χ3n) is 6.21. The first-order chi connectivity index (χ1) is 15.9. The second-order valence-electron chi connectivity index (χ2n) is 8.30. The summed E-state index contributed by atoms with van der Waals surface area (Å²) in [6, 6.07) is 15.1. The molecule has 2 atom stereocenters. The quantitative estimate of drug-likeness (QED) is 0.497. The SMILES string of the molecule is CCC(C)N(C(=O)Cn1c(CNC(=O)c2ccccc2OC)nc2ccccc21)C(C)CC. The number of ether oxygens (including phenoxy) is 1. The van der Waals surface area contributed by atoms with Crippen molar-refractivity contribution in [3.8, 4) is 5.75 Å². The molecule has 0 aliphatic rings. The molecule has 0 saturated heterocycles. The van der Waals surface area contributed by atoms with Crippen LogP contribution in [-0.4, -0.2) is 45.5 Å². The van der Waals surface area contributed by atoms with Gasteiger partial charge in [0, 0.05) is 12.1 Å². The third-order valence-corrected chi connectivity index (χ3v) is 6.21. The summed E-state index contributed by atoms with van der Waals surface area (Å²) in [4.78, 5) is 32.9. The van der Waals surface area contributed by atoms with Crippen LogP contribution in [-0.2, 0) is 17.9 Å². The smallest absolute Gasteiger partial charge is 0.255 e. The largest absolute Gasteiger partial charge is 0.496 e. The molecule has 0 bridgehead atoms. The lowest BCUT2D eigenvalue weighted by molar-refractivity contribution is -0.136. The van der Waals surface area contributed by atoms with Crippen molar-refractivity contribution < 1.29 is 14.3 Å². The minimum absolute atomic E-state index is 0.0548. The first-order valence-corrected chi connectivity index (χ1v) is 11.6. The lowest BCUT2D eigenvalue weighted by atomic mass is 10.1. The molecular formula is C26H34N4O3. The number of nitrogens with one attached hydrogen (secondary N) is 1. The molecule has 3 aromatic rings. The molecule has 2 unspecified atom stereocenters. The van der Waals surface area contributed by atoms with E-state index in [-0.39, 0.29) is 37.0 Å². The molecule has 33 heavy (non-hydrogen) atoms. The maximum atomic E-state index is 13.4. The lowest BCUT2D eigenvalue weighted by Gasteiger charge is -2.34. The normalized spacial score (nSPS) is 12.9. The molecule has 2 aromatic carbocycles. The molecule has 176 valence electrons. The van der Waals surface area contributed by atoms with Crippen LogP contribution in [0.15, 0.2) is 48.5 Å². The highest BCUT2D eigenvalue weighted by Crippen LogP contribution is 2.20. The fourth-order valence-corrected chi connectivity index (χ4v) is 4.06. The summed E-state index contributed by atoms with van der Waals surface area (Å²) < 4.78 is 7.22. The molecule has 2 amide bonds. The number of benzene rings is 2. The van der Waals surface area contributed by atoms with E-state index in [0.717, 1.165) is 23.9 Å². The van der Waals surface area contributed by atoms with Gasteiger partial charge in [-0.05, 0) is 51.0 Å². The van der Waals surface area contributed by atoms with Crippen molar-refractivity contribution in [2.45, 2.75) is 65.7 Å². The number of imidazole rings is 1. The number of fused-ring (bicyclic) bond motifs is 1. The highest BCUT2D eigenvalue weighted by Gasteiger charge is 2.25. The molecule has 0 spiro atoms. The predicted molar refractivity (Wildman–Crippen MR) is 130 cm³/mol. The summed E-state index contributed by atoms with van der Waals surface area (Å²) in [5, 5.41) is 2.93. The Labute approximate surface area is 195 Å². The molecule has 0 saturated carbocycles. The number of rotatable bonds is 10. The molecule has 3 rings (SSSR count). The number of para-hydroxylation sites is 3. The summed E-state index contributed by atoms with van der Waals surface area (Å²) in [6.45, 7) is 8.74. The van der Waals surface area contributed by atoms with Gasteiger partial charge in [-0.15, -0.1) is 0 Å². The Bertz CT molecular complexity index is 1100. The molecule has 1 N–H and O–H groups in total. The van der Waals surface area contributed by atoms with Gasteiger partial charge in [-0.3, -0.25) is 9.59 Å². The zero-order chi connectivity index (χ0) is 24.0. The van der Waals surface area contributed by atoms with Gasteiger partial charge in [0.2, 0.25) is 5.91 Å². The van der Waals surface area contributed by atoms with Crippen LogP contribution in [0.5, 0.6) is 5.75 Å². The van der Waals surface area contributed by atoms with Gasteiger partial charge in [0.15, 0.2) is 0 Å². The highest BCUT2D eigenvalue weighted by molar-refractivity contribution is 5.96. The van der Waals surface area contributed by atoms with E-state index in [1.165, 1.54) is 7.11 Å². The zero-order valence-electron chi connectivity index (χ0n) is 20.2. The molecule has 0 aliphatic carbocycles. The van der Waals surface area contributed by atoms with E-state index in [2.05, 4.69) is 33.0 Å². The molecule has 7 nitrogen and oxygen atoms in total.